The van der Waals surface area contributed by atoms with E-state index >= 15 is 0 Å². The second kappa shape index (κ2) is 13.7. The molecule has 4 atom stereocenters. The number of hydrogen-bond acceptors (Lipinski definition) is 4. The van der Waals surface area contributed by atoms with Crippen molar-refractivity contribution in [3.05, 3.63) is 65.7 Å². The Morgan fingerprint density at radius 1 is 1.10 bits per heavy atom. The number of benzene rings is 2. The number of unbranched alkanes of at least 4 members (excludes halogenated alkanes) is 2. The summed E-state index contributed by atoms with van der Waals surface area (Å²) in [7, 11) is 1.73. The minimum atomic E-state index is -0.421. The zero-order valence-corrected chi connectivity index (χ0v) is 25.6. The lowest BCUT2D eigenvalue weighted by Crippen LogP contribution is -2.61. The summed E-state index contributed by atoms with van der Waals surface area (Å²) < 4.78 is 5.65. The normalized spacial score (nSPS) is 26.5. The third kappa shape index (κ3) is 7.53. The van der Waals surface area contributed by atoms with E-state index in [1.54, 1.807) is 7.11 Å². The maximum Gasteiger partial charge on any atom is 0.222 e. The highest BCUT2D eigenvalue weighted by atomic mass is 16.5. The summed E-state index contributed by atoms with van der Waals surface area (Å²) in [5, 5.41) is 11.8. The molecular weight excluding hydrogens is 508 g/mol. The van der Waals surface area contributed by atoms with Crippen molar-refractivity contribution < 1.29 is 14.6 Å². The molecule has 1 saturated heterocycles. The van der Waals surface area contributed by atoms with Crippen molar-refractivity contribution in [2.45, 2.75) is 95.6 Å². The van der Waals surface area contributed by atoms with E-state index in [4.69, 9.17) is 4.74 Å². The first kappa shape index (κ1) is 30.1. The first-order valence-corrected chi connectivity index (χ1v) is 16.3. The molecule has 0 aromatic heterocycles. The van der Waals surface area contributed by atoms with E-state index in [9.17, 15) is 9.90 Å². The van der Waals surface area contributed by atoms with Gasteiger partial charge in [-0.15, -0.1) is 0 Å². The molecule has 1 amide bonds. The second-order valence-corrected chi connectivity index (χ2v) is 13.6. The maximum absolute atomic E-state index is 13.8. The molecule has 2 saturated carbocycles. The van der Waals surface area contributed by atoms with Crippen LogP contribution in [0.2, 0.25) is 0 Å². The Hall–Kier alpha value is -2.37. The van der Waals surface area contributed by atoms with E-state index in [1.165, 1.54) is 30.5 Å². The Kier molecular flexibility index (Phi) is 10.1. The Labute approximate surface area is 248 Å². The van der Waals surface area contributed by atoms with Crippen LogP contribution in [0.1, 0.15) is 82.8 Å². The lowest BCUT2D eigenvalue weighted by Gasteiger charge is -2.56. The highest BCUT2D eigenvalue weighted by Crippen LogP contribution is 2.51. The van der Waals surface area contributed by atoms with Gasteiger partial charge in [0, 0.05) is 43.4 Å². The molecule has 224 valence electrons. The van der Waals surface area contributed by atoms with E-state index in [0.29, 0.717) is 18.8 Å². The van der Waals surface area contributed by atoms with Gasteiger partial charge in [-0.1, -0.05) is 62.7 Å². The monoisotopic (exact) mass is 560 g/mol. The number of carbonyl (C=O) groups excluding carboxylic acids is 1. The predicted molar refractivity (Wildman–Crippen MR) is 166 cm³/mol. The molecule has 1 N–H and O–H groups in total. The summed E-state index contributed by atoms with van der Waals surface area (Å²) in [6.45, 7) is 8.34. The Bertz CT molecular complexity index is 1120. The number of aliphatic hydroxyl groups is 1. The van der Waals surface area contributed by atoms with Gasteiger partial charge in [0.25, 0.3) is 0 Å². The standard InChI is InChI=1S/C36H52N2O3/c1-27(2)24-38(35(40)16-9-5-8-13-28-11-6-4-7-12-28)31-22-34(39)33-26-37(25-29-17-18-29)20-19-36(33,23-31)30-14-10-15-32(21-30)41-3/h4,6-7,10-12,14-15,21,27,29,31,33-34,39H,5,8-9,13,16-20,22-26H2,1-3H3/t31-,33+,34?,36+/m1/s1. The minimum absolute atomic E-state index is 0.0571. The molecule has 1 heterocycles. The highest BCUT2D eigenvalue weighted by molar-refractivity contribution is 5.76. The van der Waals surface area contributed by atoms with E-state index in [0.717, 1.165) is 69.8 Å². The predicted octanol–water partition coefficient (Wildman–Crippen LogP) is 6.48. The molecule has 2 aromatic rings. The van der Waals surface area contributed by atoms with Crippen molar-refractivity contribution in [2.24, 2.45) is 17.8 Å². The summed E-state index contributed by atoms with van der Waals surface area (Å²) in [4.78, 5) is 18.6. The summed E-state index contributed by atoms with van der Waals surface area (Å²) in [5.41, 5.74) is 2.49. The van der Waals surface area contributed by atoms with Crippen LogP contribution in [0, 0.1) is 17.8 Å². The molecule has 5 heteroatoms. The molecule has 1 unspecified atom stereocenters. The number of likely N-dealkylation sites (tertiary alicyclic amines) is 1. The number of ether oxygens (including phenoxy) is 1. The van der Waals surface area contributed by atoms with Gasteiger partial charge in [-0.05, 0) is 93.0 Å². The van der Waals surface area contributed by atoms with Gasteiger partial charge in [-0.3, -0.25) is 4.79 Å². The number of fused-ring (bicyclic) bond motifs is 1. The van der Waals surface area contributed by atoms with Crippen LogP contribution in [0.4, 0.5) is 0 Å². The average molecular weight is 561 g/mol. The van der Waals surface area contributed by atoms with Gasteiger partial charge < -0.3 is 19.6 Å². The van der Waals surface area contributed by atoms with Crippen molar-refractivity contribution in [1.29, 1.82) is 0 Å². The molecule has 41 heavy (non-hydrogen) atoms. The van der Waals surface area contributed by atoms with Crippen LogP contribution in [0.5, 0.6) is 5.75 Å². The molecule has 2 aromatic carbocycles. The van der Waals surface area contributed by atoms with Crippen LogP contribution >= 0.6 is 0 Å². The van der Waals surface area contributed by atoms with Crippen molar-refractivity contribution in [2.75, 3.05) is 33.3 Å². The molecular formula is C36H52N2O3. The molecule has 1 aliphatic heterocycles. The second-order valence-electron chi connectivity index (χ2n) is 13.6. The van der Waals surface area contributed by atoms with Crippen molar-refractivity contribution >= 4 is 5.91 Å². The molecule has 2 aliphatic carbocycles. The molecule has 0 bridgehead atoms. The minimum Gasteiger partial charge on any atom is -0.497 e. The molecule has 5 nitrogen and oxygen atoms in total. The van der Waals surface area contributed by atoms with Gasteiger partial charge in [0.1, 0.15) is 5.75 Å². The van der Waals surface area contributed by atoms with Gasteiger partial charge in [0.2, 0.25) is 5.91 Å². The third-order valence-electron chi connectivity index (χ3n) is 10.00. The quantitative estimate of drug-likeness (QED) is 0.285. The zero-order valence-electron chi connectivity index (χ0n) is 25.6. The fourth-order valence-corrected chi connectivity index (χ4v) is 7.67. The first-order chi connectivity index (χ1) is 19.9. The van der Waals surface area contributed by atoms with Crippen LogP contribution in [-0.2, 0) is 16.6 Å². The summed E-state index contributed by atoms with van der Waals surface area (Å²) in [5.74, 6) is 2.55. The van der Waals surface area contributed by atoms with E-state index in [1.807, 2.05) is 6.07 Å². The number of methoxy groups -OCH3 is 1. The van der Waals surface area contributed by atoms with Gasteiger partial charge in [0.15, 0.2) is 0 Å². The largest absolute Gasteiger partial charge is 0.497 e. The summed E-state index contributed by atoms with van der Waals surface area (Å²) >= 11 is 0. The topological polar surface area (TPSA) is 53.0 Å². The van der Waals surface area contributed by atoms with Crippen LogP contribution in [0.3, 0.4) is 0 Å². The first-order valence-electron chi connectivity index (χ1n) is 16.3. The van der Waals surface area contributed by atoms with E-state index in [-0.39, 0.29) is 23.3 Å². The van der Waals surface area contributed by atoms with E-state index in [2.05, 4.69) is 72.2 Å². The van der Waals surface area contributed by atoms with Crippen LogP contribution in [0.15, 0.2) is 54.6 Å². The van der Waals surface area contributed by atoms with Crippen LogP contribution < -0.4 is 4.74 Å². The highest BCUT2D eigenvalue weighted by Gasteiger charge is 2.53. The van der Waals surface area contributed by atoms with Gasteiger partial charge in [-0.2, -0.15) is 0 Å². The Balaban J connectivity index is 1.31. The number of carbonyl (C=O) groups is 1. The number of amides is 1. The molecule has 0 radical (unpaired) electrons. The van der Waals surface area contributed by atoms with Crippen molar-refractivity contribution in [3.8, 4) is 5.75 Å². The van der Waals surface area contributed by atoms with Gasteiger partial charge in [-0.25, -0.2) is 0 Å². The number of aryl methyl sites for hydroxylation is 1. The number of piperidine rings is 1. The third-order valence-corrected chi connectivity index (χ3v) is 10.00. The Morgan fingerprint density at radius 3 is 2.63 bits per heavy atom. The number of hydrogen-bond donors (Lipinski definition) is 1. The summed E-state index contributed by atoms with van der Waals surface area (Å²) in [6.07, 6.45) is 9.68. The number of nitrogens with zero attached hydrogens (tertiary/aromatic N) is 2. The van der Waals surface area contributed by atoms with Crippen molar-refractivity contribution in [1.82, 2.24) is 9.80 Å². The molecule has 0 spiro atoms. The smallest absolute Gasteiger partial charge is 0.222 e. The SMILES string of the molecule is COc1cccc([C@@]23CCN(CC4CC4)C[C@H]2C(O)C[C@@H](N(CC(C)C)C(=O)CCCCCc2ccccc2)C3)c1. The van der Waals surface area contributed by atoms with Crippen LogP contribution in [-0.4, -0.2) is 66.2 Å². The van der Waals surface area contributed by atoms with E-state index < -0.39 is 6.10 Å². The molecule has 3 aliphatic rings. The number of aliphatic hydroxyl groups excluding tert-OH is 1. The molecule has 5 rings (SSSR count). The van der Waals surface area contributed by atoms with Crippen LogP contribution in [0.25, 0.3) is 0 Å². The fourth-order valence-electron chi connectivity index (χ4n) is 7.67. The molecule has 3 fully saturated rings. The lowest BCUT2D eigenvalue weighted by molar-refractivity contribution is -0.139. The average Bonchev–Trinajstić information content (AvgIpc) is 3.80. The Morgan fingerprint density at radius 2 is 1.90 bits per heavy atom. The fraction of sp³-hybridized carbons (Fsp3) is 0.639. The number of rotatable bonds is 13. The summed E-state index contributed by atoms with van der Waals surface area (Å²) in [6, 6.07) is 19.2. The van der Waals surface area contributed by atoms with Crippen molar-refractivity contribution in [3.63, 3.8) is 0 Å². The maximum atomic E-state index is 13.8. The lowest BCUT2D eigenvalue weighted by atomic mass is 9.56. The van der Waals surface area contributed by atoms with Gasteiger partial charge >= 0.3 is 0 Å². The van der Waals surface area contributed by atoms with Gasteiger partial charge in [0.05, 0.1) is 13.2 Å². The zero-order chi connectivity index (χ0) is 28.8.